The highest BCUT2D eigenvalue weighted by molar-refractivity contribution is 6.16. The molecule has 0 unspecified atom stereocenters. The molecule has 2 rings (SSSR count). The number of hydrogen-bond donors (Lipinski definition) is 1. The molecule has 0 saturated carbocycles. The molecule has 0 saturated heterocycles. The van der Waals surface area contributed by atoms with E-state index in [9.17, 15) is 18.4 Å². The quantitative estimate of drug-likeness (QED) is 0.766. The predicted octanol–water partition coefficient (Wildman–Crippen LogP) is 4.45. The van der Waals surface area contributed by atoms with Crippen LogP contribution in [0.1, 0.15) is 54.9 Å². The van der Waals surface area contributed by atoms with E-state index in [1.165, 1.54) is 13.2 Å². The fraction of sp³-hybridized carbons (Fsp3) is 0.381. The third-order valence-electron chi connectivity index (χ3n) is 4.36. The van der Waals surface area contributed by atoms with E-state index in [0.29, 0.717) is 17.7 Å². The van der Waals surface area contributed by atoms with Crippen LogP contribution in [0.3, 0.4) is 0 Å². The lowest BCUT2D eigenvalue weighted by Gasteiger charge is -2.22. The van der Waals surface area contributed by atoms with E-state index in [4.69, 9.17) is 4.74 Å². The second-order valence-corrected chi connectivity index (χ2v) is 7.42. The highest BCUT2D eigenvalue weighted by Crippen LogP contribution is 2.35. The van der Waals surface area contributed by atoms with Crippen molar-refractivity contribution >= 4 is 17.4 Å². The van der Waals surface area contributed by atoms with Crippen molar-refractivity contribution in [3.63, 3.8) is 0 Å². The number of aromatic nitrogens is 1. The highest BCUT2D eigenvalue weighted by atomic mass is 19.1. The number of pyridine rings is 1. The number of ketones is 1. The van der Waals surface area contributed by atoms with Gasteiger partial charge in [-0.1, -0.05) is 33.8 Å². The molecule has 0 aliphatic carbocycles. The lowest BCUT2D eigenvalue weighted by atomic mass is 9.92. The molecule has 0 spiro atoms. The minimum Gasteiger partial charge on any atom is -0.479 e. The molecule has 1 aromatic carbocycles. The van der Waals surface area contributed by atoms with E-state index >= 15 is 0 Å². The Hall–Kier alpha value is -2.83. The summed E-state index contributed by atoms with van der Waals surface area (Å²) in [5.74, 6) is -3.21. The Kier molecular flexibility index (Phi) is 6.17. The van der Waals surface area contributed by atoms with Crippen molar-refractivity contribution in [1.29, 1.82) is 0 Å². The molecule has 1 amide bonds. The van der Waals surface area contributed by atoms with Crippen molar-refractivity contribution in [3.05, 3.63) is 52.2 Å². The summed E-state index contributed by atoms with van der Waals surface area (Å²) in [7, 11) is 1.35. The Morgan fingerprint density at radius 1 is 1.14 bits per heavy atom. The number of ether oxygens (including phenoxy) is 1. The monoisotopic (exact) mass is 390 g/mol. The van der Waals surface area contributed by atoms with Gasteiger partial charge in [0.15, 0.2) is 0 Å². The molecule has 150 valence electrons. The van der Waals surface area contributed by atoms with Crippen molar-refractivity contribution in [2.45, 2.75) is 41.0 Å². The Bertz CT molecular complexity index is 914. The Morgan fingerprint density at radius 2 is 1.71 bits per heavy atom. The number of nitrogens with one attached hydrogen (secondary N) is 1. The number of rotatable bonds is 5. The zero-order chi connectivity index (χ0) is 21.2. The van der Waals surface area contributed by atoms with Gasteiger partial charge in [-0.3, -0.25) is 9.59 Å². The van der Waals surface area contributed by atoms with Gasteiger partial charge in [0, 0.05) is 11.1 Å². The normalized spacial score (nSPS) is 11.3. The first-order valence-electron chi connectivity index (χ1n) is 8.90. The first-order valence-corrected chi connectivity index (χ1v) is 8.90. The molecule has 0 atom stereocenters. The van der Waals surface area contributed by atoms with E-state index in [0.717, 1.165) is 12.1 Å². The van der Waals surface area contributed by atoms with Crippen LogP contribution in [0.5, 0.6) is 5.88 Å². The fourth-order valence-electron chi connectivity index (χ4n) is 2.80. The Labute approximate surface area is 163 Å². The summed E-state index contributed by atoms with van der Waals surface area (Å²) in [5.41, 5.74) is -0.501. The molecule has 0 aliphatic rings. The van der Waals surface area contributed by atoms with Gasteiger partial charge in [0.05, 0.1) is 18.2 Å². The molecule has 0 bridgehead atoms. The maximum atomic E-state index is 14.3. The minimum atomic E-state index is -0.978. The first kappa shape index (κ1) is 21.5. The number of carbonyl (C=O) groups excluding carboxylic acids is 2. The molecule has 0 radical (unpaired) electrons. The van der Waals surface area contributed by atoms with Gasteiger partial charge in [-0.2, -0.15) is 0 Å². The van der Waals surface area contributed by atoms with Crippen LogP contribution >= 0.6 is 0 Å². The molecule has 1 N–H and O–H groups in total. The number of nitrogens with zero attached hydrogens (tertiary/aromatic N) is 1. The van der Waals surface area contributed by atoms with Crippen molar-refractivity contribution in [2.75, 3.05) is 12.4 Å². The van der Waals surface area contributed by atoms with Crippen molar-refractivity contribution in [3.8, 4) is 5.88 Å². The van der Waals surface area contributed by atoms with Gasteiger partial charge in [-0.15, -0.1) is 0 Å². The fourth-order valence-corrected chi connectivity index (χ4v) is 2.80. The number of hydrogen-bond acceptors (Lipinski definition) is 4. The van der Waals surface area contributed by atoms with Crippen LogP contribution in [0.2, 0.25) is 0 Å². The zero-order valence-corrected chi connectivity index (χ0v) is 16.9. The van der Waals surface area contributed by atoms with Crippen molar-refractivity contribution in [1.82, 2.24) is 4.98 Å². The largest absolute Gasteiger partial charge is 0.479 e. The first-order chi connectivity index (χ1) is 13.0. The second kappa shape index (κ2) is 8.04. The molecule has 1 aromatic heterocycles. The van der Waals surface area contributed by atoms with E-state index in [2.05, 4.69) is 10.3 Å². The van der Waals surface area contributed by atoms with Crippen LogP contribution in [0.4, 0.5) is 14.5 Å². The van der Waals surface area contributed by atoms with Gasteiger partial charge < -0.3 is 10.1 Å². The number of benzene rings is 1. The molecule has 28 heavy (non-hydrogen) atoms. The average Bonchev–Trinajstić information content (AvgIpc) is 2.61. The van der Waals surface area contributed by atoms with Crippen LogP contribution < -0.4 is 10.1 Å². The van der Waals surface area contributed by atoms with E-state index in [1.807, 2.05) is 0 Å². The highest BCUT2D eigenvalue weighted by Gasteiger charge is 2.31. The van der Waals surface area contributed by atoms with E-state index in [1.54, 1.807) is 34.6 Å². The number of halogens is 2. The zero-order valence-electron chi connectivity index (χ0n) is 16.9. The topological polar surface area (TPSA) is 68.3 Å². The summed E-state index contributed by atoms with van der Waals surface area (Å²) < 4.78 is 33.8. The maximum Gasteiger partial charge on any atom is 0.238 e. The van der Waals surface area contributed by atoms with Gasteiger partial charge in [0.1, 0.15) is 17.3 Å². The van der Waals surface area contributed by atoms with Gasteiger partial charge in [-0.25, -0.2) is 13.8 Å². The van der Waals surface area contributed by atoms with Gasteiger partial charge in [0.2, 0.25) is 17.6 Å². The summed E-state index contributed by atoms with van der Waals surface area (Å²) in [5, 5.41) is 2.67. The van der Waals surface area contributed by atoms with Crippen LogP contribution in [0, 0.1) is 24.0 Å². The Morgan fingerprint density at radius 3 is 2.18 bits per heavy atom. The van der Waals surface area contributed by atoms with Crippen LogP contribution in [-0.4, -0.2) is 23.8 Å². The number of methoxy groups -OCH3 is 1. The summed E-state index contributed by atoms with van der Waals surface area (Å²) in [6.07, 6.45) is 0.373. The van der Waals surface area contributed by atoms with Gasteiger partial charge in [-0.05, 0) is 31.0 Å². The number of carbonyl (C=O) groups is 2. The van der Waals surface area contributed by atoms with Crippen molar-refractivity contribution in [2.24, 2.45) is 5.41 Å². The number of amides is 1. The van der Waals surface area contributed by atoms with Crippen molar-refractivity contribution < 1.29 is 23.1 Å². The molecule has 7 heteroatoms. The van der Waals surface area contributed by atoms with E-state index < -0.39 is 28.4 Å². The molecule has 0 fully saturated rings. The summed E-state index contributed by atoms with van der Waals surface area (Å²) in [4.78, 5) is 30.1. The van der Waals surface area contributed by atoms with Gasteiger partial charge in [0.25, 0.3) is 0 Å². The van der Waals surface area contributed by atoms with Crippen LogP contribution in [-0.2, 0) is 11.2 Å². The standard InChI is InChI=1S/C21H24F2N2O3/c1-7-12-11(2)24-19(28-6)17(25-20(27)21(3,4)5)15(12)18(26)16-13(22)9-8-10-14(16)23/h8-10H,7H2,1-6H3,(H,25,27). The minimum absolute atomic E-state index is 0.00685. The average molecular weight is 390 g/mol. The molecule has 1 heterocycles. The van der Waals surface area contributed by atoms with E-state index in [-0.39, 0.29) is 23.0 Å². The lowest BCUT2D eigenvalue weighted by Crippen LogP contribution is -2.29. The third-order valence-corrected chi connectivity index (χ3v) is 4.36. The van der Waals surface area contributed by atoms with Crippen LogP contribution in [0.25, 0.3) is 0 Å². The Balaban J connectivity index is 2.81. The summed E-state index contributed by atoms with van der Waals surface area (Å²) in [6.45, 7) is 8.57. The molecule has 5 nitrogen and oxygen atoms in total. The lowest BCUT2D eigenvalue weighted by molar-refractivity contribution is -0.123. The van der Waals surface area contributed by atoms with Crippen LogP contribution in [0.15, 0.2) is 18.2 Å². The predicted molar refractivity (Wildman–Crippen MR) is 103 cm³/mol. The number of anilines is 1. The SMILES string of the molecule is CCc1c(C)nc(OC)c(NC(=O)C(C)(C)C)c1C(=O)c1c(F)cccc1F. The third kappa shape index (κ3) is 4.03. The van der Waals surface area contributed by atoms with Gasteiger partial charge >= 0.3 is 0 Å². The molecule has 0 aliphatic heterocycles. The molecular weight excluding hydrogens is 366 g/mol. The maximum absolute atomic E-state index is 14.3. The smallest absolute Gasteiger partial charge is 0.238 e. The summed E-state index contributed by atoms with van der Waals surface area (Å²) in [6, 6.07) is 3.21. The second-order valence-electron chi connectivity index (χ2n) is 7.42. The molecular formula is C21H24F2N2O3. The molecule has 2 aromatic rings. The number of aryl methyl sites for hydroxylation is 1. The summed E-state index contributed by atoms with van der Waals surface area (Å²) >= 11 is 0.